The molecule has 2 aliphatic rings. The highest BCUT2D eigenvalue weighted by Crippen LogP contribution is 2.25. The van der Waals surface area contributed by atoms with Crippen LogP contribution in [0.4, 0.5) is 22.1 Å². The average molecular weight is 560 g/mol. The fraction of sp³-hybridized carbons (Fsp3) is 0.483. The van der Waals surface area contributed by atoms with Gasteiger partial charge in [-0.05, 0) is 50.8 Å². The average Bonchev–Trinajstić information content (AvgIpc) is 3.71. The molecule has 2 N–H and O–H groups in total. The fourth-order valence-electron chi connectivity index (χ4n) is 5.36. The largest absolute Gasteiger partial charge is 0.444 e. The van der Waals surface area contributed by atoms with Crippen molar-refractivity contribution in [1.82, 2.24) is 34.8 Å². The number of anilines is 3. The Kier molecular flexibility index (Phi) is 7.48. The lowest BCUT2D eigenvalue weighted by molar-refractivity contribution is 0.0286. The van der Waals surface area contributed by atoms with Crippen molar-refractivity contribution in [3.8, 4) is 0 Å². The molecule has 1 aromatic carbocycles. The van der Waals surface area contributed by atoms with Gasteiger partial charge in [0.2, 0.25) is 5.95 Å². The third kappa shape index (κ3) is 6.59. The smallest absolute Gasteiger partial charge is 0.410 e. The van der Waals surface area contributed by atoms with E-state index >= 15 is 0 Å². The van der Waals surface area contributed by atoms with Crippen molar-refractivity contribution < 1.29 is 14.3 Å². The summed E-state index contributed by atoms with van der Waals surface area (Å²) in [5.41, 5.74) is 4.25. The van der Waals surface area contributed by atoms with Gasteiger partial charge < -0.3 is 24.6 Å². The van der Waals surface area contributed by atoms with Gasteiger partial charge in [-0.2, -0.15) is 15.2 Å². The molecule has 6 rings (SSSR count). The first kappa shape index (κ1) is 27.0. The number of H-pyrrole nitrogens is 1. The molecular weight excluding hydrogens is 522 g/mol. The van der Waals surface area contributed by atoms with E-state index in [9.17, 15) is 4.79 Å². The third-order valence-electron chi connectivity index (χ3n) is 7.32. The zero-order valence-electron chi connectivity index (χ0n) is 23.8. The van der Waals surface area contributed by atoms with Crippen LogP contribution in [0.1, 0.15) is 38.4 Å². The molecule has 2 aliphatic heterocycles. The van der Waals surface area contributed by atoms with Crippen LogP contribution in [-0.4, -0.2) is 85.9 Å². The number of aromatic nitrogens is 6. The molecule has 3 aromatic heterocycles. The van der Waals surface area contributed by atoms with Gasteiger partial charge in [0.1, 0.15) is 5.60 Å². The highest BCUT2D eigenvalue weighted by atomic mass is 16.6. The van der Waals surface area contributed by atoms with E-state index < -0.39 is 5.60 Å². The highest BCUT2D eigenvalue weighted by molar-refractivity contribution is 5.78. The van der Waals surface area contributed by atoms with Crippen LogP contribution >= 0.6 is 0 Å². The van der Waals surface area contributed by atoms with E-state index in [1.807, 2.05) is 31.6 Å². The summed E-state index contributed by atoms with van der Waals surface area (Å²) in [6, 6.07) is 8.59. The third-order valence-corrected chi connectivity index (χ3v) is 7.32. The topological polar surface area (TPSA) is 126 Å². The van der Waals surface area contributed by atoms with Gasteiger partial charge in [0.05, 0.1) is 42.4 Å². The summed E-state index contributed by atoms with van der Waals surface area (Å²) in [5, 5.41) is 15.9. The molecule has 2 saturated heterocycles. The molecule has 12 heteroatoms. The van der Waals surface area contributed by atoms with Crippen LogP contribution in [0.25, 0.3) is 11.0 Å². The molecule has 5 heterocycles. The molecule has 216 valence electrons. The number of hydrogen-bond acceptors (Lipinski definition) is 9. The lowest BCUT2D eigenvalue weighted by Crippen LogP contribution is -2.36. The van der Waals surface area contributed by atoms with E-state index in [0.717, 1.165) is 49.5 Å². The van der Waals surface area contributed by atoms with Crippen molar-refractivity contribution >= 4 is 34.4 Å². The molecule has 4 aromatic rings. The zero-order valence-corrected chi connectivity index (χ0v) is 23.8. The lowest BCUT2D eigenvalue weighted by Gasteiger charge is -2.29. The maximum atomic E-state index is 12.4. The number of nitrogens with zero attached hydrogens (tertiary/aromatic N) is 7. The molecule has 0 spiro atoms. The van der Waals surface area contributed by atoms with Gasteiger partial charge in [0, 0.05) is 51.0 Å². The minimum Gasteiger partial charge on any atom is -0.444 e. The first-order valence-electron chi connectivity index (χ1n) is 14.2. The second-order valence-electron chi connectivity index (χ2n) is 11.7. The Labute approximate surface area is 239 Å². The predicted octanol–water partition coefficient (Wildman–Crippen LogP) is 3.98. The SMILES string of the molecule is CC(C)(C)OC(=O)N1CCC(Cn2cc(Nc3nc(Cc4cccc(N5CCOCC5)c4)c4cn[nH]c4n3)cn2)C1. The summed E-state index contributed by atoms with van der Waals surface area (Å²) in [7, 11) is 0. The molecule has 1 atom stereocenters. The monoisotopic (exact) mass is 559 g/mol. The van der Waals surface area contributed by atoms with E-state index in [1.165, 1.54) is 11.3 Å². The number of amides is 1. The van der Waals surface area contributed by atoms with Gasteiger partial charge in [0.15, 0.2) is 5.65 Å². The summed E-state index contributed by atoms with van der Waals surface area (Å²) < 4.78 is 12.9. The Morgan fingerprint density at radius 2 is 2.02 bits per heavy atom. The van der Waals surface area contributed by atoms with Crippen LogP contribution < -0.4 is 10.2 Å². The number of carbonyl (C=O) groups excluding carboxylic acids is 1. The van der Waals surface area contributed by atoms with E-state index in [1.54, 1.807) is 17.3 Å². The number of ether oxygens (including phenoxy) is 2. The Balaban J connectivity index is 1.12. The standard InChI is InChI=1S/C29H37N9O3/c1-29(2,3)41-28(39)37-8-7-21(17-37)18-38-19-22(15-31-38)32-27-33-25(24-16-30-35-26(24)34-27)14-20-5-4-6-23(13-20)36-9-11-40-12-10-36/h4-6,13,15-16,19,21H,7-12,14,17-18H2,1-3H3,(H2,30,32,33,34,35). The lowest BCUT2D eigenvalue weighted by atomic mass is 10.1. The number of nitrogens with one attached hydrogen (secondary N) is 2. The minimum absolute atomic E-state index is 0.252. The molecule has 0 saturated carbocycles. The second-order valence-corrected chi connectivity index (χ2v) is 11.7. The summed E-state index contributed by atoms with van der Waals surface area (Å²) in [6.07, 6.45) is 6.81. The molecule has 41 heavy (non-hydrogen) atoms. The van der Waals surface area contributed by atoms with Gasteiger partial charge in [-0.1, -0.05) is 12.1 Å². The highest BCUT2D eigenvalue weighted by Gasteiger charge is 2.30. The van der Waals surface area contributed by atoms with E-state index in [-0.39, 0.29) is 6.09 Å². The van der Waals surface area contributed by atoms with Gasteiger partial charge in [0.25, 0.3) is 0 Å². The summed E-state index contributed by atoms with van der Waals surface area (Å²) >= 11 is 0. The molecule has 1 unspecified atom stereocenters. The normalized spacial score (nSPS) is 17.8. The fourth-order valence-corrected chi connectivity index (χ4v) is 5.36. The van der Waals surface area contributed by atoms with Crippen molar-refractivity contribution in [3.05, 3.63) is 54.1 Å². The minimum atomic E-state index is -0.494. The Morgan fingerprint density at radius 3 is 2.85 bits per heavy atom. The maximum absolute atomic E-state index is 12.4. The van der Waals surface area contributed by atoms with E-state index in [2.05, 4.69) is 54.8 Å². The quantitative estimate of drug-likeness (QED) is 0.346. The summed E-state index contributed by atoms with van der Waals surface area (Å²) in [4.78, 5) is 26.1. The predicted molar refractivity (Wildman–Crippen MR) is 155 cm³/mol. The second kappa shape index (κ2) is 11.4. The first-order valence-corrected chi connectivity index (χ1v) is 14.2. The van der Waals surface area contributed by atoms with Crippen LogP contribution in [-0.2, 0) is 22.4 Å². The number of carbonyl (C=O) groups is 1. The molecule has 12 nitrogen and oxygen atoms in total. The maximum Gasteiger partial charge on any atom is 0.410 e. The number of likely N-dealkylation sites (tertiary alicyclic amines) is 1. The van der Waals surface area contributed by atoms with Crippen molar-refractivity contribution in [1.29, 1.82) is 0 Å². The summed E-state index contributed by atoms with van der Waals surface area (Å²) in [6.45, 7) is 11.0. The van der Waals surface area contributed by atoms with Crippen molar-refractivity contribution in [2.24, 2.45) is 5.92 Å². The molecule has 0 radical (unpaired) electrons. The molecule has 0 bridgehead atoms. The molecule has 0 aliphatic carbocycles. The Morgan fingerprint density at radius 1 is 1.17 bits per heavy atom. The zero-order chi connectivity index (χ0) is 28.4. The Hall–Kier alpha value is -4.19. The van der Waals surface area contributed by atoms with Crippen molar-refractivity contribution in [3.63, 3.8) is 0 Å². The number of morpholine rings is 1. The van der Waals surface area contributed by atoms with Gasteiger partial charge in [-0.3, -0.25) is 9.78 Å². The first-order chi connectivity index (χ1) is 19.8. The van der Waals surface area contributed by atoms with Crippen LogP contribution in [0.2, 0.25) is 0 Å². The van der Waals surface area contributed by atoms with Gasteiger partial charge in [-0.15, -0.1) is 0 Å². The number of fused-ring (bicyclic) bond motifs is 1. The molecule has 2 fully saturated rings. The number of hydrogen-bond donors (Lipinski definition) is 2. The number of rotatable bonds is 7. The van der Waals surface area contributed by atoms with Crippen LogP contribution in [0.5, 0.6) is 0 Å². The van der Waals surface area contributed by atoms with Gasteiger partial charge >= 0.3 is 6.09 Å². The molecular formula is C29H37N9O3. The summed E-state index contributed by atoms with van der Waals surface area (Å²) in [5.74, 6) is 0.797. The van der Waals surface area contributed by atoms with E-state index in [0.29, 0.717) is 43.6 Å². The van der Waals surface area contributed by atoms with E-state index in [4.69, 9.17) is 14.5 Å². The van der Waals surface area contributed by atoms with Crippen molar-refractivity contribution in [2.75, 3.05) is 49.6 Å². The van der Waals surface area contributed by atoms with Crippen LogP contribution in [0, 0.1) is 5.92 Å². The van der Waals surface area contributed by atoms with Gasteiger partial charge in [-0.25, -0.2) is 9.78 Å². The Bertz CT molecular complexity index is 1500. The van der Waals surface area contributed by atoms with Crippen LogP contribution in [0.3, 0.4) is 0 Å². The number of benzene rings is 1. The van der Waals surface area contributed by atoms with Crippen LogP contribution in [0.15, 0.2) is 42.9 Å². The molecule has 1 amide bonds. The van der Waals surface area contributed by atoms with Crippen molar-refractivity contribution in [2.45, 2.75) is 45.8 Å². The number of aromatic amines is 1.